The normalized spacial score (nSPS) is 12.8. The highest BCUT2D eigenvalue weighted by molar-refractivity contribution is 7.39. The summed E-state index contributed by atoms with van der Waals surface area (Å²) >= 11 is 0. The van der Waals surface area contributed by atoms with E-state index in [0.717, 1.165) is 43.5 Å². The van der Waals surface area contributed by atoms with Crippen molar-refractivity contribution in [2.45, 2.75) is 19.9 Å². The van der Waals surface area contributed by atoms with E-state index in [1.54, 1.807) is 0 Å². The second-order valence-corrected chi connectivity index (χ2v) is 10.00. The van der Waals surface area contributed by atoms with Gasteiger partial charge in [0.15, 0.2) is 0 Å². The van der Waals surface area contributed by atoms with Crippen molar-refractivity contribution in [2.75, 3.05) is 18.8 Å². The monoisotopic (exact) mass is 459 g/mol. The average molecular weight is 459 g/mol. The number of benzene rings is 4. The summed E-state index contributed by atoms with van der Waals surface area (Å²) in [5.41, 5.74) is 1.49. The van der Waals surface area contributed by atoms with Gasteiger partial charge in [-0.2, -0.15) is 4.67 Å². The first-order chi connectivity index (χ1) is 16.0. The molecule has 33 heavy (non-hydrogen) atoms. The lowest BCUT2D eigenvalue weighted by atomic mass is 9.99. The van der Waals surface area contributed by atoms with Crippen LogP contribution in [0.4, 0.5) is 0 Å². The van der Waals surface area contributed by atoms with Gasteiger partial charge in [0.2, 0.25) is 0 Å². The third-order valence-corrected chi connectivity index (χ3v) is 7.59. The zero-order valence-electron chi connectivity index (χ0n) is 19.1. The van der Waals surface area contributed by atoms with E-state index in [-0.39, 0.29) is 11.9 Å². The number of carbonyl (C=O) groups excluding carboxylic acids is 1. The fourth-order valence-corrected chi connectivity index (χ4v) is 6.06. The third-order valence-electron chi connectivity index (χ3n) is 6.12. The van der Waals surface area contributed by atoms with Gasteiger partial charge in [-0.15, -0.1) is 0 Å². The number of hydrogen-bond acceptors (Lipinski definition) is 5. The van der Waals surface area contributed by atoms with Crippen LogP contribution in [0.15, 0.2) is 81.2 Å². The van der Waals surface area contributed by atoms with Gasteiger partial charge in [0, 0.05) is 17.8 Å². The SMILES string of the molecule is COC(=O)[C@H](C(C)C)N(C)p1oc2ccc3ccccc3c2c2c(ccc3ccccc32)o1. The maximum Gasteiger partial charge on any atom is 0.324 e. The summed E-state index contributed by atoms with van der Waals surface area (Å²) in [4.78, 5) is 12.6. The number of nitrogens with zero attached hydrogens (tertiary/aromatic N) is 1. The van der Waals surface area contributed by atoms with Crippen LogP contribution < -0.4 is 4.67 Å². The van der Waals surface area contributed by atoms with Crippen LogP contribution in [0.3, 0.4) is 0 Å². The summed E-state index contributed by atoms with van der Waals surface area (Å²) in [5.74, 6) is -0.281. The molecule has 0 aliphatic rings. The van der Waals surface area contributed by atoms with Gasteiger partial charge in [-0.05, 0) is 39.6 Å². The van der Waals surface area contributed by atoms with Gasteiger partial charge in [0.05, 0.1) is 7.11 Å². The van der Waals surface area contributed by atoms with E-state index in [1.807, 2.05) is 62.0 Å². The highest BCUT2D eigenvalue weighted by Crippen LogP contribution is 2.42. The van der Waals surface area contributed by atoms with Crippen LogP contribution in [0.25, 0.3) is 43.5 Å². The molecule has 0 amide bonds. The summed E-state index contributed by atoms with van der Waals surface area (Å²) < 4.78 is 20.0. The first-order valence-electron chi connectivity index (χ1n) is 11.0. The van der Waals surface area contributed by atoms with E-state index < -0.39 is 14.2 Å². The molecule has 1 atom stereocenters. The Bertz CT molecular complexity index is 1440. The largest absolute Gasteiger partial charge is 0.468 e. The molecule has 4 aromatic carbocycles. The first kappa shape index (κ1) is 21.6. The molecule has 0 saturated heterocycles. The number of rotatable bonds is 4. The summed E-state index contributed by atoms with van der Waals surface area (Å²) in [6.07, 6.45) is 0. The highest BCUT2D eigenvalue weighted by Gasteiger charge is 2.31. The van der Waals surface area contributed by atoms with Crippen LogP contribution in [-0.4, -0.2) is 26.2 Å². The summed E-state index contributed by atoms with van der Waals surface area (Å²) in [5, 5.41) is 6.49. The summed E-state index contributed by atoms with van der Waals surface area (Å²) in [7, 11) is 1.65. The zero-order valence-corrected chi connectivity index (χ0v) is 20.0. The molecule has 5 aromatic rings. The third kappa shape index (κ3) is 3.68. The molecule has 0 aliphatic heterocycles. The van der Waals surface area contributed by atoms with E-state index in [4.69, 9.17) is 13.1 Å². The molecule has 6 heteroatoms. The Labute approximate surface area is 193 Å². The fourth-order valence-electron chi connectivity index (χ4n) is 4.57. The molecule has 168 valence electrons. The Hall–Kier alpha value is -3.27. The average Bonchev–Trinajstić information content (AvgIpc) is 3.01. The van der Waals surface area contributed by atoms with Crippen LogP contribution in [0.2, 0.25) is 0 Å². The van der Waals surface area contributed by atoms with Crippen LogP contribution in [0, 0.1) is 5.92 Å². The topological polar surface area (TPSA) is 55.8 Å². The molecule has 0 aliphatic carbocycles. The van der Waals surface area contributed by atoms with Gasteiger partial charge in [0.25, 0.3) is 0 Å². The van der Waals surface area contributed by atoms with Crippen LogP contribution in [0.5, 0.6) is 0 Å². The molecular formula is C27H26NO4P. The molecular weight excluding hydrogens is 433 g/mol. The van der Waals surface area contributed by atoms with E-state index >= 15 is 0 Å². The zero-order chi connectivity index (χ0) is 23.1. The van der Waals surface area contributed by atoms with Gasteiger partial charge in [-0.1, -0.05) is 74.5 Å². The Balaban J connectivity index is 1.95. The molecule has 0 N–H and O–H groups in total. The van der Waals surface area contributed by atoms with E-state index in [0.29, 0.717) is 0 Å². The molecule has 5 rings (SSSR count). The molecule has 1 aromatic heterocycles. The summed E-state index contributed by atoms with van der Waals surface area (Å²) in [6, 6.07) is 24.3. The Morgan fingerprint density at radius 3 is 1.76 bits per heavy atom. The number of hydrogen-bond donors (Lipinski definition) is 0. The van der Waals surface area contributed by atoms with E-state index in [9.17, 15) is 4.79 Å². The van der Waals surface area contributed by atoms with Crippen molar-refractivity contribution in [1.82, 2.24) is 0 Å². The second kappa shape index (κ2) is 8.58. The minimum atomic E-state index is -1.62. The summed E-state index contributed by atoms with van der Waals surface area (Å²) in [6.45, 7) is 3.99. The van der Waals surface area contributed by atoms with Gasteiger partial charge in [0.1, 0.15) is 17.2 Å². The number of methoxy groups -OCH3 is 1. The van der Waals surface area contributed by atoms with Crippen molar-refractivity contribution in [3.8, 4) is 0 Å². The smallest absolute Gasteiger partial charge is 0.324 e. The Morgan fingerprint density at radius 2 is 1.30 bits per heavy atom. The molecule has 0 radical (unpaired) electrons. The van der Waals surface area contributed by atoms with Crippen LogP contribution >= 0.6 is 8.16 Å². The van der Waals surface area contributed by atoms with Crippen molar-refractivity contribution in [3.63, 3.8) is 0 Å². The minimum absolute atomic E-state index is 0.0209. The van der Waals surface area contributed by atoms with Crippen molar-refractivity contribution < 1.29 is 17.9 Å². The standard InChI is InChI=1S/C27H26NO4P/c1-17(2)26(27(29)30-4)28(3)33-31-22-15-13-18-9-5-7-11-20(18)24(22)25-21-12-8-6-10-19(21)14-16-23(25)32-33/h5-17,26H,1-4H3/t26-/m0/s1. The van der Waals surface area contributed by atoms with Crippen molar-refractivity contribution >= 4 is 57.6 Å². The molecule has 1 heterocycles. The predicted molar refractivity (Wildman–Crippen MR) is 136 cm³/mol. The lowest BCUT2D eigenvalue weighted by molar-refractivity contribution is -0.143. The van der Waals surface area contributed by atoms with E-state index in [1.165, 1.54) is 7.11 Å². The van der Waals surface area contributed by atoms with Gasteiger partial charge in [-0.25, -0.2) is 0 Å². The number of likely N-dealkylation sites (N-methyl/N-ethyl adjacent to an activating group) is 1. The molecule has 0 saturated carbocycles. The number of carbonyl (C=O) groups is 1. The van der Waals surface area contributed by atoms with Crippen molar-refractivity contribution in [1.29, 1.82) is 0 Å². The molecule has 0 bridgehead atoms. The lowest BCUT2D eigenvalue weighted by Crippen LogP contribution is -2.41. The maximum absolute atomic E-state index is 12.6. The van der Waals surface area contributed by atoms with Gasteiger partial charge < -0.3 is 13.1 Å². The molecule has 0 spiro atoms. The first-order valence-corrected chi connectivity index (χ1v) is 12.1. The fraction of sp³-hybridized carbons (Fsp3) is 0.222. The Kier molecular flexibility index (Phi) is 5.61. The number of ether oxygens (including phenoxy) is 1. The molecule has 0 fully saturated rings. The van der Waals surface area contributed by atoms with E-state index in [2.05, 4.69) is 36.4 Å². The molecule has 0 unspecified atom stereocenters. The lowest BCUT2D eigenvalue weighted by Gasteiger charge is -2.25. The van der Waals surface area contributed by atoms with Gasteiger partial charge >= 0.3 is 14.1 Å². The number of esters is 1. The number of fused-ring (bicyclic) bond motifs is 7. The van der Waals surface area contributed by atoms with Crippen molar-refractivity contribution in [3.05, 3.63) is 72.8 Å². The van der Waals surface area contributed by atoms with Gasteiger partial charge in [-0.3, -0.25) is 4.79 Å². The van der Waals surface area contributed by atoms with Crippen LogP contribution in [0.1, 0.15) is 13.8 Å². The Morgan fingerprint density at radius 1 is 0.818 bits per heavy atom. The van der Waals surface area contributed by atoms with Crippen LogP contribution in [-0.2, 0) is 9.53 Å². The molecule has 5 nitrogen and oxygen atoms in total. The van der Waals surface area contributed by atoms with Crippen molar-refractivity contribution in [2.24, 2.45) is 5.92 Å². The second-order valence-electron chi connectivity index (χ2n) is 8.53. The highest BCUT2D eigenvalue weighted by atomic mass is 31.1. The quantitative estimate of drug-likeness (QED) is 0.263. The minimum Gasteiger partial charge on any atom is -0.468 e. The maximum atomic E-state index is 12.6. The predicted octanol–water partition coefficient (Wildman–Crippen LogP) is 7.36.